The van der Waals surface area contributed by atoms with Crippen LogP contribution >= 0.6 is 23.2 Å². The zero-order valence-electron chi connectivity index (χ0n) is 30.3. The first-order valence-electron chi connectivity index (χ1n) is 18.0. The number of para-hydroxylation sites is 2. The number of anilines is 2. The number of aliphatic hydroxyl groups excluding tert-OH is 2. The first kappa shape index (κ1) is 36.0. The number of hydrogen-bond donors (Lipinski definition) is 2. The van der Waals surface area contributed by atoms with Crippen molar-refractivity contribution in [3.05, 3.63) is 165 Å². The minimum absolute atomic E-state index is 0.0422. The van der Waals surface area contributed by atoms with E-state index in [4.69, 9.17) is 23.2 Å². The lowest BCUT2D eigenvalue weighted by molar-refractivity contribution is 0.303. The van der Waals surface area contributed by atoms with Crippen molar-refractivity contribution in [2.24, 2.45) is 0 Å². The van der Waals surface area contributed by atoms with Gasteiger partial charge >= 0.3 is 0 Å². The first-order chi connectivity index (χ1) is 25.1. The van der Waals surface area contributed by atoms with Crippen molar-refractivity contribution >= 4 is 51.7 Å². The maximum atomic E-state index is 10.1. The van der Waals surface area contributed by atoms with Gasteiger partial charge in [0.15, 0.2) is 0 Å². The quantitative estimate of drug-likeness (QED) is 0.177. The van der Waals surface area contributed by atoms with Crippen LogP contribution in [0.25, 0.3) is 0 Å². The minimum atomic E-state index is -0.311. The lowest BCUT2D eigenvalue weighted by Crippen LogP contribution is -2.28. The summed E-state index contributed by atoms with van der Waals surface area (Å²) >= 11 is 13.0. The topological polar surface area (TPSA) is 50.0 Å². The number of rotatable bonds is 8. The third-order valence-electron chi connectivity index (χ3n) is 10.8. The zero-order valence-corrected chi connectivity index (χ0v) is 31.8. The van der Waals surface area contributed by atoms with Crippen LogP contribution < -0.4 is 14.4 Å². The van der Waals surface area contributed by atoms with E-state index in [1.807, 2.05) is 12.1 Å². The Labute approximate surface area is 317 Å². The summed E-state index contributed by atoms with van der Waals surface area (Å²) in [7, 11) is 0. The summed E-state index contributed by atoms with van der Waals surface area (Å²) < 4.78 is 2.38. The highest BCUT2D eigenvalue weighted by Crippen LogP contribution is 2.50. The number of nitrogens with zero attached hydrogens (tertiary/aromatic N) is 3. The molecule has 2 aliphatic heterocycles. The van der Waals surface area contributed by atoms with Crippen LogP contribution in [0.5, 0.6) is 0 Å². The average molecular weight is 732 g/mol. The Balaban J connectivity index is 1.42. The van der Waals surface area contributed by atoms with E-state index in [9.17, 15) is 10.2 Å². The summed E-state index contributed by atoms with van der Waals surface area (Å²) in [4.78, 5) is 4.46. The van der Waals surface area contributed by atoms with E-state index in [0.717, 1.165) is 63.8 Å². The highest BCUT2D eigenvalue weighted by atomic mass is 35.5. The average Bonchev–Trinajstić information content (AvgIpc) is 3.69. The molecule has 7 rings (SSSR count). The number of β-amino-alcohol motifs (C(OH)–C–C–N with tert-alkyl or cyclic N) is 2. The summed E-state index contributed by atoms with van der Waals surface area (Å²) in [5.41, 5.74) is 11.9. The lowest BCUT2D eigenvalue weighted by atomic mass is 9.83. The Hall–Kier alpha value is -4.39. The Kier molecular flexibility index (Phi) is 10.1. The highest BCUT2D eigenvalue weighted by molar-refractivity contribution is 6.31. The smallest absolute Gasteiger partial charge is 0.218 e. The molecule has 4 aromatic rings. The van der Waals surface area contributed by atoms with Crippen molar-refractivity contribution in [2.75, 3.05) is 36.1 Å². The fourth-order valence-corrected chi connectivity index (χ4v) is 8.57. The van der Waals surface area contributed by atoms with Crippen LogP contribution in [0.1, 0.15) is 51.7 Å². The van der Waals surface area contributed by atoms with Crippen LogP contribution in [0.15, 0.2) is 144 Å². The van der Waals surface area contributed by atoms with E-state index >= 15 is 0 Å². The van der Waals surface area contributed by atoms with Crippen LogP contribution in [0.4, 0.5) is 22.7 Å². The molecule has 2 N–H and O–H groups in total. The van der Waals surface area contributed by atoms with Crippen molar-refractivity contribution < 1.29 is 10.2 Å². The summed E-state index contributed by atoms with van der Waals surface area (Å²) in [5.74, 6) is 0. The molecule has 1 aliphatic carbocycles. The van der Waals surface area contributed by atoms with Gasteiger partial charge in [0, 0.05) is 92.1 Å². The maximum absolute atomic E-state index is 10.1. The largest absolute Gasteiger partial charge is 0.395 e. The van der Waals surface area contributed by atoms with E-state index in [2.05, 4.69) is 151 Å². The summed E-state index contributed by atoms with van der Waals surface area (Å²) in [6.45, 7) is 10.00. The van der Waals surface area contributed by atoms with Crippen LogP contribution in [0, 0.1) is 0 Å². The predicted octanol–water partition coefficient (Wildman–Crippen LogP) is 10.3. The van der Waals surface area contributed by atoms with E-state index in [1.165, 1.54) is 11.1 Å². The molecular weight excluding hydrogens is 685 g/mol. The van der Waals surface area contributed by atoms with Crippen LogP contribution in [0.3, 0.4) is 0 Å². The number of fused-ring (bicyclic) bond motifs is 2. The van der Waals surface area contributed by atoms with E-state index in [0.29, 0.717) is 23.1 Å². The molecule has 0 saturated heterocycles. The second-order valence-corrected chi connectivity index (χ2v) is 15.5. The number of halogens is 2. The lowest BCUT2D eigenvalue weighted by Gasteiger charge is -2.26. The monoisotopic (exact) mass is 730 g/mol. The van der Waals surface area contributed by atoms with Crippen molar-refractivity contribution in [3.8, 4) is 0 Å². The van der Waals surface area contributed by atoms with Gasteiger partial charge in [-0.15, -0.1) is 0 Å². The molecule has 0 spiro atoms. The molecule has 5 nitrogen and oxygen atoms in total. The van der Waals surface area contributed by atoms with Crippen molar-refractivity contribution in [1.82, 2.24) is 4.58 Å². The molecule has 0 unspecified atom stereocenters. The Morgan fingerprint density at radius 3 is 1.38 bits per heavy atom. The van der Waals surface area contributed by atoms with Gasteiger partial charge in [0.05, 0.1) is 13.2 Å². The number of benzene rings is 4. The molecule has 0 radical (unpaired) electrons. The number of aliphatic hydroxyl groups is 2. The normalized spacial score (nSPS) is 20.4. The molecule has 0 aromatic heterocycles. The molecule has 0 atom stereocenters. The van der Waals surface area contributed by atoms with Gasteiger partial charge in [0.1, 0.15) is 0 Å². The Morgan fingerprint density at radius 1 is 0.596 bits per heavy atom. The van der Waals surface area contributed by atoms with E-state index < -0.39 is 0 Å². The van der Waals surface area contributed by atoms with Gasteiger partial charge in [-0.3, -0.25) is 0 Å². The van der Waals surface area contributed by atoms with E-state index in [1.54, 1.807) is 0 Å². The molecule has 3 aliphatic rings. The minimum Gasteiger partial charge on any atom is -0.395 e. The van der Waals surface area contributed by atoms with Gasteiger partial charge in [-0.1, -0.05) is 99.4 Å². The molecule has 4 aromatic carbocycles. The molecular formula is C45H46Cl2N3O2+. The molecule has 2 heterocycles. The highest BCUT2D eigenvalue weighted by Gasteiger charge is 2.42. The summed E-state index contributed by atoms with van der Waals surface area (Å²) in [6, 6.07) is 33.2. The van der Waals surface area contributed by atoms with Gasteiger partial charge < -0.3 is 20.0 Å². The van der Waals surface area contributed by atoms with Gasteiger partial charge in [0.2, 0.25) is 17.1 Å². The van der Waals surface area contributed by atoms with Crippen LogP contribution in [-0.2, 0) is 10.8 Å². The fourth-order valence-electron chi connectivity index (χ4n) is 8.22. The molecule has 7 heteroatoms. The Morgan fingerprint density at radius 2 is 1.00 bits per heavy atom. The maximum Gasteiger partial charge on any atom is 0.218 e. The van der Waals surface area contributed by atoms with E-state index in [-0.39, 0.29) is 24.0 Å². The predicted molar refractivity (Wildman–Crippen MR) is 219 cm³/mol. The van der Waals surface area contributed by atoms with Crippen molar-refractivity contribution in [1.29, 1.82) is 0 Å². The second-order valence-electron chi connectivity index (χ2n) is 14.7. The molecule has 266 valence electrons. The standard InChI is InChI=1S/C45H46Cl2N3O2/c1-44(2)37-29-33(46)19-21-39(37)48(25-27-51)41(44)23-17-31-15-16-32(43(31)50(35-11-7-5-8-12-35)36-13-9-6-10-14-36)18-24-42-45(3,4)38-30-34(47)20-22-40(38)49(42)26-28-52/h5-14,17-24,29-30,51-52H,15-16,25-28H2,1-4H3/q+1. The third-order valence-corrected chi connectivity index (χ3v) is 11.2. The first-order valence-corrected chi connectivity index (χ1v) is 18.8. The zero-order chi connectivity index (χ0) is 36.6. The Bertz CT molecular complexity index is 1990. The fraction of sp³-hybridized carbons (Fsp3) is 0.267. The van der Waals surface area contributed by atoms with Crippen LogP contribution in [0.2, 0.25) is 10.0 Å². The third kappa shape index (κ3) is 6.45. The second kappa shape index (κ2) is 14.6. The molecule has 0 amide bonds. The summed E-state index contributed by atoms with van der Waals surface area (Å²) in [6.07, 6.45) is 10.8. The molecule has 1 fully saturated rings. The van der Waals surface area contributed by atoms with Gasteiger partial charge in [-0.05, 0) is 72.5 Å². The van der Waals surface area contributed by atoms with Crippen molar-refractivity contribution in [3.63, 3.8) is 0 Å². The van der Waals surface area contributed by atoms with Gasteiger partial charge in [-0.25, -0.2) is 0 Å². The molecule has 0 bridgehead atoms. The van der Waals surface area contributed by atoms with Crippen molar-refractivity contribution in [2.45, 2.75) is 51.4 Å². The SMILES string of the molecule is CC1(C)/C(=C\C=C2/CC/C(=C\C=C3\N(CCO)c4ccc(Cl)cc4C3(C)C)C2=[N+](c2ccccc2)c2ccccc2)N(CCO)c2ccc(Cl)cc21. The molecule has 52 heavy (non-hydrogen) atoms. The molecule has 1 saturated carbocycles. The number of allylic oxidation sites excluding steroid dienone is 8. The van der Waals surface area contributed by atoms with Crippen LogP contribution in [-0.4, -0.2) is 42.2 Å². The number of hydrogen-bond acceptors (Lipinski definition) is 4. The van der Waals surface area contributed by atoms with Gasteiger partial charge in [-0.2, -0.15) is 4.58 Å². The summed E-state index contributed by atoms with van der Waals surface area (Å²) in [5, 5.41) is 21.7. The van der Waals surface area contributed by atoms with Gasteiger partial charge in [0.25, 0.3) is 0 Å².